The normalized spacial score (nSPS) is 11.7. The lowest BCUT2D eigenvalue weighted by Gasteiger charge is -2.17. The van der Waals surface area contributed by atoms with Crippen LogP contribution in [-0.4, -0.2) is 21.6 Å². The minimum atomic E-state index is -1.26. The lowest BCUT2D eigenvalue weighted by atomic mass is 10.1. The van der Waals surface area contributed by atoms with Gasteiger partial charge in [0.25, 0.3) is 11.5 Å². The second kappa shape index (κ2) is 8.97. The number of benzene rings is 2. The lowest BCUT2D eigenvalue weighted by Crippen LogP contribution is -2.38. The highest BCUT2D eigenvalue weighted by Gasteiger charge is 2.25. The Labute approximate surface area is 178 Å². The van der Waals surface area contributed by atoms with Crippen LogP contribution >= 0.6 is 11.6 Å². The molecule has 0 saturated carbocycles. The van der Waals surface area contributed by atoms with Gasteiger partial charge >= 0.3 is 5.97 Å². The van der Waals surface area contributed by atoms with E-state index in [4.69, 9.17) is 11.6 Å². The average Bonchev–Trinajstić information content (AvgIpc) is 2.73. The van der Waals surface area contributed by atoms with Crippen molar-refractivity contribution in [2.24, 2.45) is 0 Å². The highest BCUT2D eigenvalue weighted by molar-refractivity contribution is 6.30. The number of carboxylic acid groups (broad SMARTS) is 1. The van der Waals surface area contributed by atoms with Crippen LogP contribution in [0.25, 0.3) is 0 Å². The molecule has 0 aliphatic heterocycles. The molecule has 0 bridgehead atoms. The number of hydrogen-bond donors (Lipinski definition) is 2. The number of carbonyl (C=O) groups excluding carboxylic acids is 1. The third kappa shape index (κ3) is 4.60. The van der Waals surface area contributed by atoms with Gasteiger partial charge in [-0.25, -0.2) is 4.79 Å². The Morgan fingerprint density at radius 3 is 2.30 bits per heavy atom. The van der Waals surface area contributed by atoms with Gasteiger partial charge in [0.2, 0.25) is 0 Å². The molecule has 0 aliphatic rings. The van der Waals surface area contributed by atoms with E-state index >= 15 is 0 Å². The molecule has 3 rings (SSSR count). The highest BCUT2D eigenvalue weighted by atomic mass is 35.5. The molecule has 0 aliphatic carbocycles. The molecule has 1 aromatic heterocycles. The van der Waals surface area contributed by atoms with Crippen LogP contribution in [0.3, 0.4) is 0 Å². The van der Waals surface area contributed by atoms with Crippen LogP contribution in [0.4, 0.5) is 0 Å². The third-order valence-electron chi connectivity index (χ3n) is 4.97. The summed E-state index contributed by atoms with van der Waals surface area (Å²) >= 11 is 5.92. The van der Waals surface area contributed by atoms with Crippen LogP contribution < -0.4 is 10.9 Å². The number of carboxylic acids is 1. The Balaban J connectivity index is 1.96. The van der Waals surface area contributed by atoms with Gasteiger partial charge in [-0.15, -0.1) is 0 Å². The van der Waals surface area contributed by atoms with Gasteiger partial charge in [0.1, 0.15) is 5.56 Å². The Kier molecular flexibility index (Phi) is 6.37. The van der Waals surface area contributed by atoms with E-state index in [0.29, 0.717) is 10.6 Å². The molecule has 6 nitrogen and oxygen atoms in total. The zero-order valence-electron chi connectivity index (χ0n) is 16.6. The fraction of sp³-hybridized carbons (Fsp3) is 0.174. The number of pyridine rings is 1. The molecule has 1 amide bonds. The molecule has 0 fully saturated rings. The molecule has 154 valence electrons. The first-order chi connectivity index (χ1) is 14.3. The number of aliphatic carboxylic acids is 1. The number of rotatable bonds is 6. The number of amides is 1. The van der Waals surface area contributed by atoms with Gasteiger partial charge in [-0.2, -0.15) is 0 Å². The summed E-state index contributed by atoms with van der Waals surface area (Å²) in [5, 5.41) is 12.6. The quantitative estimate of drug-likeness (QED) is 0.631. The molecular weight excluding hydrogens is 404 g/mol. The van der Waals surface area contributed by atoms with Crippen LogP contribution in [0.1, 0.15) is 38.8 Å². The second-order valence-electron chi connectivity index (χ2n) is 7.00. The van der Waals surface area contributed by atoms with Crippen LogP contribution in [0.15, 0.2) is 65.5 Å². The van der Waals surface area contributed by atoms with Gasteiger partial charge in [-0.05, 0) is 48.7 Å². The maximum atomic E-state index is 13.1. The van der Waals surface area contributed by atoms with Crippen molar-refractivity contribution in [2.45, 2.75) is 26.4 Å². The summed E-state index contributed by atoms with van der Waals surface area (Å²) in [6.07, 6.45) is 0. The topological polar surface area (TPSA) is 88.4 Å². The number of aryl methyl sites for hydroxylation is 1. The molecule has 2 aromatic carbocycles. The molecule has 1 atom stereocenters. The number of carbonyl (C=O) groups is 2. The van der Waals surface area contributed by atoms with Gasteiger partial charge in [-0.3, -0.25) is 9.59 Å². The van der Waals surface area contributed by atoms with E-state index in [-0.39, 0.29) is 12.1 Å². The molecule has 2 N–H and O–H groups in total. The Morgan fingerprint density at radius 1 is 1.07 bits per heavy atom. The van der Waals surface area contributed by atoms with Crippen molar-refractivity contribution in [3.63, 3.8) is 0 Å². The average molecular weight is 425 g/mol. The van der Waals surface area contributed by atoms with Crippen molar-refractivity contribution in [3.05, 3.63) is 104 Å². The molecule has 1 heterocycles. The number of nitrogens with one attached hydrogen (secondary N) is 1. The van der Waals surface area contributed by atoms with E-state index in [1.807, 2.05) is 12.1 Å². The summed E-state index contributed by atoms with van der Waals surface area (Å²) in [6.45, 7) is 3.87. The molecular formula is C23H21ClN2O4. The summed E-state index contributed by atoms with van der Waals surface area (Å²) < 4.78 is 1.51. The van der Waals surface area contributed by atoms with Crippen molar-refractivity contribution in [1.82, 2.24) is 9.88 Å². The van der Waals surface area contributed by atoms with Gasteiger partial charge in [0.15, 0.2) is 6.04 Å². The summed E-state index contributed by atoms with van der Waals surface area (Å²) in [6, 6.07) is 15.7. The molecule has 0 unspecified atom stereocenters. The third-order valence-corrected chi connectivity index (χ3v) is 5.22. The molecule has 0 saturated heterocycles. The second-order valence-corrected chi connectivity index (χ2v) is 7.44. The molecule has 0 radical (unpaired) electrons. The van der Waals surface area contributed by atoms with Gasteiger partial charge in [0, 0.05) is 10.7 Å². The van der Waals surface area contributed by atoms with E-state index in [0.717, 1.165) is 16.8 Å². The largest absolute Gasteiger partial charge is 0.479 e. The predicted octanol–water partition coefficient (Wildman–Crippen LogP) is 3.72. The highest BCUT2D eigenvalue weighted by Crippen LogP contribution is 2.16. The Bertz CT molecular complexity index is 1140. The van der Waals surface area contributed by atoms with Crippen molar-refractivity contribution in [1.29, 1.82) is 0 Å². The zero-order chi connectivity index (χ0) is 21.8. The first kappa shape index (κ1) is 21.3. The Morgan fingerprint density at radius 2 is 1.70 bits per heavy atom. The summed E-state index contributed by atoms with van der Waals surface area (Å²) in [5.74, 6) is -1.94. The minimum absolute atomic E-state index is 0.103. The van der Waals surface area contributed by atoms with Crippen molar-refractivity contribution in [3.8, 4) is 0 Å². The van der Waals surface area contributed by atoms with E-state index < -0.39 is 23.5 Å². The van der Waals surface area contributed by atoms with Gasteiger partial charge in [0.05, 0.1) is 6.54 Å². The van der Waals surface area contributed by atoms with Crippen molar-refractivity contribution >= 4 is 23.5 Å². The van der Waals surface area contributed by atoms with E-state index in [9.17, 15) is 19.5 Å². The summed E-state index contributed by atoms with van der Waals surface area (Å²) in [7, 11) is 0. The lowest BCUT2D eigenvalue weighted by molar-refractivity contribution is -0.139. The Hall–Kier alpha value is -3.38. The maximum absolute atomic E-state index is 13.1. The first-order valence-electron chi connectivity index (χ1n) is 9.32. The number of nitrogens with zero attached hydrogens (tertiary/aromatic N) is 1. The van der Waals surface area contributed by atoms with Crippen LogP contribution in [-0.2, 0) is 11.3 Å². The molecule has 7 heteroatoms. The fourth-order valence-electron chi connectivity index (χ4n) is 3.16. The molecule has 0 spiro atoms. The summed E-state index contributed by atoms with van der Waals surface area (Å²) in [4.78, 5) is 37.6. The van der Waals surface area contributed by atoms with Crippen molar-refractivity contribution in [2.75, 3.05) is 0 Å². The maximum Gasteiger partial charge on any atom is 0.330 e. The number of hydrogen-bond acceptors (Lipinski definition) is 3. The van der Waals surface area contributed by atoms with Crippen LogP contribution in [0.5, 0.6) is 0 Å². The number of aromatic nitrogens is 1. The first-order valence-corrected chi connectivity index (χ1v) is 9.70. The standard InChI is InChI=1S/C23H21ClN2O4/c1-14-12-19(21(27)25-20(23(29)30)17-6-4-3-5-7-17)22(28)26(15(14)2)13-16-8-10-18(24)11-9-16/h3-12,20H,13H2,1-2H3,(H,25,27)(H,29,30)/t20-/m0/s1. The van der Waals surface area contributed by atoms with Crippen molar-refractivity contribution < 1.29 is 14.7 Å². The molecule has 30 heavy (non-hydrogen) atoms. The smallest absolute Gasteiger partial charge is 0.330 e. The van der Waals surface area contributed by atoms with Gasteiger partial charge in [-0.1, -0.05) is 54.1 Å². The molecule has 3 aromatic rings. The minimum Gasteiger partial charge on any atom is -0.479 e. The summed E-state index contributed by atoms with van der Waals surface area (Å²) in [5.41, 5.74) is 2.17. The monoisotopic (exact) mass is 424 g/mol. The van der Waals surface area contributed by atoms with E-state index in [1.165, 1.54) is 10.6 Å². The zero-order valence-corrected chi connectivity index (χ0v) is 17.3. The fourth-order valence-corrected chi connectivity index (χ4v) is 3.29. The van der Waals surface area contributed by atoms with E-state index in [1.54, 1.807) is 56.3 Å². The number of halogens is 1. The van der Waals surface area contributed by atoms with Gasteiger partial charge < -0.3 is 15.0 Å². The predicted molar refractivity (Wildman–Crippen MR) is 115 cm³/mol. The van der Waals surface area contributed by atoms with E-state index in [2.05, 4.69) is 5.32 Å². The van der Waals surface area contributed by atoms with Crippen LogP contribution in [0.2, 0.25) is 5.02 Å². The SMILES string of the molecule is Cc1cc(C(=O)N[C@H](C(=O)O)c2ccccc2)c(=O)n(Cc2ccc(Cl)cc2)c1C. The van der Waals surface area contributed by atoms with Crippen LogP contribution in [0, 0.1) is 13.8 Å².